The number of aromatic nitrogens is 1. The van der Waals surface area contributed by atoms with Crippen molar-refractivity contribution < 1.29 is 38.2 Å². The molecule has 0 spiro atoms. The first-order valence-corrected chi connectivity index (χ1v) is 23.1. The van der Waals surface area contributed by atoms with Gasteiger partial charge in [0.1, 0.15) is 5.60 Å². The van der Waals surface area contributed by atoms with Crippen LogP contribution in [0.25, 0.3) is 0 Å². The minimum absolute atomic E-state index is 0.00910. The molecular formula is C51H67N9O8. The summed E-state index contributed by atoms with van der Waals surface area (Å²) in [4.78, 5) is 86.2. The van der Waals surface area contributed by atoms with E-state index in [1.165, 1.54) is 0 Å². The molecule has 1 saturated carbocycles. The number of nitrogens with two attached hydrogens (primary N) is 1. The second-order valence-electron chi connectivity index (χ2n) is 18.2. The number of rotatable bonds is 24. The summed E-state index contributed by atoms with van der Waals surface area (Å²) in [5, 5.41) is 10.7. The molecule has 5 rings (SSSR count). The van der Waals surface area contributed by atoms with Crippen LogP contribution in [0.1, 0.15) is 108 Å². The fraction of sp³-hybridized carbons (Fsp3) is 0.431. The molecule has 1 aliphatic rings. The van der Waals surface area contributed by atoms with Crippen LogP contribution in [0.3, 0.4) is 0 Å². The Balaban J connectivity index is 1.20. The number of benzene rings is 3. The molecule has 364 valence electrons. The van der Waals surface area contributed by atoms with E-state index in [4.69, 9.17) is 15.2 Å². The lowest BCUT2D eigenvalue weighted by atomic mass is 10.1. The molecule has 4 aromatic rings. The fourth-order valence-corrected chi connectivity index (χ4v) is 7.26. The van der Waals surface area contributed by atoms with Crippen molar-refractivity contribution in [2.75, 3.05) is 57.5 Å². The van der Waals surface area contributed by atoms with E-state index >= 15 is 0 Å². The van der Waals surface area contributed by atoms with Gasteiger partial charge in [-0.15, -0.1) is 0 Å². The monoisotopic (exact) mass is 934 g/mol. The summed E-state index contributed by atoms with van der Waals surface area (Å²) in [5.74, 6) is -1.78. The molecule has 17 heteroatoms. The molecule has 1 fully saturated rings. The van der Waals surface area contributed by atoms with Gasteiger partial charge in [0.2, 0.25) is 17.7 Å². The Morgan fingerprint density at radius 1 is 0.735 bits per heavy atom. The van der Waals surface area contributed by atoms with Crippen LogP contribution >= 0.6 is 0 Å². The molecule has 1 aromatic heterocycles. The first-order valence-electron chi connectivity index (χ1n) is 23.1. The Labute approximate surface area is 399 Å². The van der Waals surface area contributed by atoms with Gasteiger partial charge in [0.15, 0.2) is 5.69 Å². The number of amides is 6. The molecule has 17 nitrogen and oxygen atoms in total. The Kier molecular flexibility index (Phi) is 19.0. The summed E-state index contributed by atoms with van der Waals surface area (Å²) < 4.78 is 11.5. The molecule has 0 bridgehead atoms. The highest BCUT2D eigenvalue weighted by molar-refractivity contribution is 6.11. The lowest BCUT2D eigenvalue weighted by Crippen LogP contribution is -2.42. The molecule has 1 aliphatic carbocycles. The number of hydrogen-bond donors (Lipinski definition) is 5. The minimum atomic E-state index is -0.675. The van der Waals surface area contributed by atoms with Crippen molar-refractivity contribution in [1.82, 2.24) is 30.3 Å². The topological polar surface area (TPSA) is 218 Å². The highest BCUT2D eigenvalue weighted by Crippen LogP contribution is 2.30. The molecule has 6 N–H and O–H groups in total. The van der Waals surface area contributed by atoms with E-state index in [1.807, 2.05) is 70.3 Å². The summed E-state index contributed by atoms with van der Waals surface area (Å²) in [6.07, 6.45) is 3.64. The van der Waals surface area contributed by atoms with E-state index in [2.05, 4.69) is 49.9 Å². The van der Waals surface area contributed by atoms with Crippen LogP contribution in [0.5, 0.6) is 5.88 Å². The van der Waals surface area contributed by atoms with Gasteiger partial charge in [-0.3, -0.25) is 33.8 Å². The number of nitrogens with zero attached hydrogens (tertiary/aromatic N) is 4. The van der Waals surface area contributed by atoms with E-state index < -0.39 is 35.1 Å². The zero-order valence-electron chi connectivity index (χ0n) is 40.4. The van der Waals surface area contributed by atoms with Crippen LogP contribution in [0, 0.1) is 5.92 Å². The van der Waals surface area contributed by atoms with Crippen molar-refractivity contribution >= 4 is 47.0 Å². The molecule has 0 radical (unpaired) electrons. The third-order valence-corrected chi connectivity index (χ3v) is 11.2. The van der Waals surface area contributed by atoms with E-state index in [0.29, 0.717) is 67.9 Å². The second-order valence-corrected chi connectivity index (χ2v) is 18.2. The van der Waals surface area contributed by atoms with E-state index in [0.717, 1.165) is 42.4 Å². The van der Waals surface area contributed by atoms with Gasteiger partial charge in [0.05, 0.1) is 25.4 Å². The van der Waals surface area contributed by atoms with Gasteiger partial charge in [-0.25, -0.2) is 9.78 Å². The van der Waals surface area contributed by atoms with Crippen molar-refractivity contribution in [1.29, 1.82) is 0 Å². The molecular weight excluding hydrogens is 867 g/mol. The average Bonchev–Trinajstić information content (AvgIpc) is 4.14. The van der Waals surface area contributed by atoms with E-state index in [9.17, 15) is 28.8 Å². The molecule has 3 aromatic carbocycles. The van der Waals surface area contributed by atoms with Gasteiger partial charge >= 0.3 is 6.09 Å². The summed E-state index contributed by atoms with van der Waals surface area (Å²) in [6, 6.07) is 25.4. The highest BCUT2D eigenvalue weighted by Gasteiger charge is 2.25. The van der Waals surface area contributed by atoms with Gasteiger partial charge in [0, 0.05) is 68.7 Å². The number of primary amides is 1. The molecule has 0 saturated heterocycles. The predicted octanol–water partition coefficient (Wildman–Crippen LogP) is 6.20. The van der Waals surface area contributed by atoms with Crippen molar-refractivity contribution in [3.8, 4) is 5.88 Å². The van der Waals surface area contributed by atoms with Gasteiger partial charge < -0.3 is 41.4 Å². The molecule has 0 unspecified atom stereocenters. The summed E-state index contributed by atoms with van der Waals surface area (Å²) >= 11 is 0. The minimum Gasteiger partial charge on any atom is -0.477 e. The Morgan fingerprint density at radius 3 is 2.01 bits per heavy atom. The van der Waals surface area contributed by atoms with Crippen molar-refractivity contribution in [2.45, 2.75) is 91.6 Å². The fourth-order valence-electron chi connectivity index (χ4n) is 7.26. The maximum absolute atomic E-state index is 13.9. The van der Waals surface area contributed by atoms with Gasteiger partial charge in [0.25, 0.3) is 17.7 Å². The quantitative estimate of drug-likeness (QED) is 0.0533. The maximum atomic E-state index is 13.9. The third kappa shape index (κ3) is 17.1. The van der Waals surface area contributed by atoms with Crippen LogP contribution in [0.15, 0.2) is 84.9 Å². The molecule has 68 heavy (non-hydrogen) atoms. The molecule has 0 atom stereocenters. The zero-order chi connectivity index (χ0) is 49.4. The Morgan fingerprint density at radius 2 is 1.40 bits per heavy atom. The lowest BCUT2D eigenvalue weighted by molar-refractivity contribution is -0.124. The summed E-state index contributed by atoms with van der Waals surface area (Å²) in [6.45, 7) is 12.6. The average molecular weight is 934 g/mol. The first-order chi connectivity index (χ1) is 32.4. The molecule has 0 aliphatic heterocycles. The smallest absolute Gasteiger partial charge is 0.410 e. The van der Waals surface area contributed by atoms with Gasteiger partial charge in [-0.05, 0) is 119 Å². The van der Waals surface area contributed by atoms with Crippen LogP contribution in [-0.2, 0) is 34.0 Å². The number of hydrogen-bond acceptors (Lipinski definition) is 11. The van der Waals surface area contributed by atoms with Crippen LogP contribution in [0.2, 0.25) is 0 Å². The maximum Gasteiger partial charge on any atom is 0.410 e. The highest BCUT2D eigenvalue weighted by atomic mass is 16.6. The van der Waals surface area contributed by atoms with Crippen molar-refractivity contribution in [3.63, 3.8) is 0 Å². The number of likely N-dealkylation sites (N-methyl/N-ethyl adjacent to an activating group) is 1. The largest absolute Gasteiger partial charge is 0.477 e. The number of pyridine rings is 1. The number of carbonyl (C=O) groups is 6. The summed E-state index contributed by atoms with van der Waals surface area (Å²) in [5.41, 5.74) is 8.92. The van der Waals surface area contributed by atoms with Crippen molar-refractivity contribution in [3.05, 3.63) is 118 Å². The second kappa shape index (κ2) is 24.8. The van der Waals surface area contributed by atoms with Gasteiger partial charge in [-0.1, -0.05) is 50.2 Å². The number of anilines is 2. The molecule has 6 amide bonds. The first kappa shape index (κ1) is 52.1. The predicted molar refractivity (Wildman–Crippen MR) is 261 cm³/mol. The SMILES string of the molecule is CCC(CC)N(CCN(C)C(=O)OC(C)(C)C)Cc1cccc(C(=O)Nc2ccc(OCC3CC3)nc2C(=O)Nc2ccc(CN(C)Cc3ccc(C(=O)NCC(=O)NCC(N)=O)cc3)cc2)c1. The van der Waals surface area contributed by atoms with E-state index in [1.54, 1.807) is 54.4 Å². The van der Waals surface area contributed by atoms with Crippen LogP contribution in [0.4, 0.5) is 16.2 Å². The normalized spacial score (nSPS) is 12.4. The van der Waals surface area contributed by atoms with Crippen LogP contribution in [-0.4, -0.2) is 114 Å². The standard InChI is InChI=1S/C51H67N9O8/c1-8-41(9-2)60(26-25-59(7)50(66)68-51(3,4)5)32-37-11-10-12-39(27-37)48(64)56-42-23-24-45(67-33-36-13-14-36)57-46(42)49(65)55-40-21-17-35(18-22-40)31-58(6)30-34-15-19-38(20-16-34)47(63)54-29-44(62)53-28-43(52)61/h10-12,15-24,27,36,41H,8-9,13-14,25-26,28-33H2,1-7H3,(H2,52,61)(H,53,62)(H,54,63)(H,55,65)(H,56,64). The zero-order valence-corrected chi connectivity index (χ0v) is 40.4. The van der Waals surface area contributed by atoms with Crippen molar-refractivity contribution in [2.24, 2.45) is 11.7 Å². The lowest BCUT2D eigenvalue weighted by Gasteiger charge is -2.32. The Hall–Kier alpha value is -6.85. The number of nitrogens with one attached hydrogen (secondary N) is 4. The molecule has 1 heterocycles. The third-order valence-electron chi connectivity index (χ3n) is 11.2. The Bertz CT molecular complexity index is 2360. The summed E-state index contributed by atoms with van der Waals surface area (Å²) in [7, 11) is 3.71. The number of ether oxygens (including phenoxy) is 2. The van der Waals surface area contributed by atoms with E-state index in [-0.39, 0.29) is 36.6 Å². The van der Waals surface area contributed by atoms with Gasteiger partial charge in [-0.2, -0.15) is 0 Å². The van der Waals surface area contributed by atoms with Crippen LogP contribution < -0.4 is 31.7 Å². The number of carbonyl (C=O) groups excluding carboxylic acids is 6.